The molecule has 0 unspecified atom stereocenters. The standard InChI is InChI=1S/C17H15N5O/c1-11-20-15-8-12(10-18-17(15)21-11)14-5-4-13(23-2)9-16(14)22-7-3-6-19-22/h3-10H,1-2H3,(H,18,20,21). The van der Waals surface area contributed by atoms with E-state index in [0.717, 1.165) is 39.6 Å². The minimum absolute atomic E-state index is 0.723. The molecule has 0 radical (unpaired) electrons. The van der Waals surface area contributed by atoms with Gasteiger partial charge in [0.05, 0.1) is 18.3 Å². The van der Waals surface area contributed by atoms with Crippen molar-refractivity contribution < 1.29 is 4.74 Å². The van der Waals surface area contributed by atoms with Crippen LogP contribution in [0.4, 0.5) is 0 Å². The van der Waals surface area contributed by atoms with Gasteiger partial charge in [0.1, 0.15) is 11.6 Å². The second-order valence-electron chi connectivity index (χ2n) is 5.25. The summed E-state index contributed by atoms with van der Waals surface area (Å²) in [5.41, 5.74) is 4.60. The molecule has 6 heteroatoms. The zero-order valence-corrected chi connectivity index (χ0v) is 12.8. The van der Waals surface area contributed by atoms with Gasteiger partial charge in [0.25, 0.3) is 0 Å². The van der Waals surface area contributed by atoms with E-state index in [2.05, 4.69) is 26.1 Å². The van der Waals surface area contributed by atoms with Crippen LogP contribution in [0.5, 0.6) is 5.75 Å². The van der Waals surface area contributed by atoms with Gasteiger partial charge in [0, 0.05) is 35.8 Å². The number of aromatic amines is 1. The molecule has 0 spiro atoms. The summed E-state index contributed by atoms with van der Waals surface area (Å²) in [6.45, 7) is 1.92. The number of hydrogen-bond acceptors (Lipinski definition) is 4. The largest absolute Gasteiger partial charge is 0.497 e. The van der Waals surface area contributed by atoms with Gasteiger partial charge < -0.3 is 9.72 Å². The van der Waals surface area contributed by atoms with E-state index in [1.165, 1.54) is 0 Å². The predicted molar refractivity (Wildman–Crippen MR) is 87.7 cm³/mol. The van der Waals surface area contributed by atoms with E-state index < -0.39 is 0 Å². The lowest BCUT2D eigenvalue weighted by Crippen LogP contribution is -1.99. The van der Waals surface area contributed by atoms with Gasteiger partial charge in [-0.15, -0.1) is 0 Å². The number of nitrogens with one attached hydrogen (secondary N) is 1. The summed E-state index contributed by atoms with van der Waals surface area (Å²) in [4.78, 5) is 12.0. The lowest BCUT2D eigenvalue weighted by atomic mass is 10.0. The Hall–Kier alpha value is -3.15. The molecule has 0 saturated carbocycles. The van der Waals surface area contributed by atoms with E-state index in [-0.39, 0.29) is 0 Å². The van der Waals surface area contributed by atoms with Crippen LogP contribution in [0, 0.1) is 6.92 Å². The van der Waals surface area contributed by atoms with E-state index in [1.807, 2.05) is 48.3 Å². The highest BCUT2D eigenvalue weighted by Gasteiger charge is 2.11. The van der Waals surface area contributed by atoms with Crippen LogP contribution in [-0.2, 0) is 0 Å². The maximum Gasteiger partial charge on any atom is 0.177 e. The van der Waals surface area contributed by atoms with Crippen molar-refractivity contribution in [2.45, 2.75) is 6.92 Å². The molecule has 0 aliphatic rings. The highest BCUT2D eigenvalue weighted by atomic mass is 16.5. The van der Waals surface area contributed by atoms with Crippen LogP contribution in [-0.4, -0.2) is 31.8 Å². The molecular formula is C17H15N5O. The molecule has 1 N–H and O–H groups in total. The van der Waals surface area contributed by atoms with Crippen molar-refractivity contribution in [3.63, 3.8) is 0 Å². The minimum Gasteiger partial charge on any atom is -0.497 e. The fourth-order valence-electron chi connectivity index (χ4n) is 2.65. The predicted octanol–water partition coefficient (Wildman–Crippen LogP) is 3.13. The van der Waals surface area contributed by atoms with Gasteiger partial charge in [-0.25, -0.2) is 14.6 Å². The third-order valence-corrected chi connectivity index (χ3v) is 3.72. The van der Waals surface area contributed by atoms with Crippen molar-refractivity contribution >= 4 is 11.2 Å². The summed E-state index contributed by atoms with van der Waals surface area (Å²) in [5.74, 6) is 1.64. The molecule has 1 aromatic carbocycles. The summed E-state index contributed by atoms with van der Waals surface area (Å²) in [6.07, 6.45) is 5.49. The first kappa shape index (κ1) is 13.5. The zero-order valence-electron chi connectivity index (χ0n) is 12.8. The Bertz CT molecular complexity index is 972. The highest BCUT2D eigenvalue weighted by molar-refractivity contribution is 5.81. The Morgan fingerprint density at radius 1 is 1.22 bits per heavy atom. The summed E-state index contributed by atoms with van der Waals surface area (Å²) >= 11 is 0. The lowest BCUT2D eigenvalue weighted by Gasteiger charge is -2.11. The van der Waals surface area contributed by atoms with E-state index in [9.17, 15) is 0 Å². The van der Waals surface area contributed by atoms with Crippen molar-refractivity contribution in [1.29, 1.82) is 0 Å². The van der Waals surface area contributed by atoms with Gasteiger partial charge in [-0.05, 0) is 31.2 Å². The van der Waals surface area contributed by atoms with Crippen LogP contribution in [0.2, 0.25) is 0 Å². The average Bonchev–Trinajstić information content (AvgIpc) is 3.22. The normalized spacial score (nSPS) is 11.0. The summed E-state index contributed by atoms with van der Waals surface area (Å²) < 4.78 is 7.16. The minimum atomic E-state index is 0.723. The Labute approximate surface area is 132 Å². The number of methoxy groups -OCH3 is 1. The van der Waals surface area contributed by atoms with E-state index in [1.54, 1.807) is 13.3 Å². The van der Waals surface area contributed by atoms with Crippen LogP contribution in [0.3, 0.4) is 0 Å². The Morgan fingerprint density at radius 3 is 2.91 bits per heavy atom. The van der Waals surface area contributed by atoms with Crippen LogP contribution in [0.25, 0.3) is 28.0 Å². The molecule has 0 saturated heterocycles. The van der Waals surface area contributed by atoms with Crippen LogP contribution in [0.1, 0.15) is 5.82 Å². The highest BCUT2D eigenvalue weighted by Crippen LogP contribution is 2.30. The molecule has 3 heterocycles. The molecule has 0 amide bonds. The molecule has 0 aliphatic carbocycles. The van der Waals surface area contributed by atoms with Gasteiger partial charge in [-0.3, -0.25) is 0 Å². The van der Waals surface area contributed by atoms with Crippen molar-refractivity contribution in [1.82, 2.24) is 24.7 Å². The molecule has 0 aliphatic heterocycles. The number of H-pyrrole nitrogens is 1. The number of nitrogens with zero attached hydrogens (tertiary/aromatic N) is 4. The maximum absolute atomic E-state index is 5.34. The topological polar surface area (TPSA) is 68.6 Å². The van der Waals surface area contributed by atoms with Crippen molar-refractivity contribution in [2.24, 2.45) is 0 Å². The molecule has 114 valence electrons. The Morgan fingerprint density at radius 2 is 2.13 bits per heavy atom. The smallest absolute Gasteiger partial charge is 0.177 e. The second-order valence-corrected chi connectivity index (χ2v) is 5.25. The van der Waals surface area contributed by atoms with Gasteiger partial charge in [0.15, 0.2) is 5.65 Å². The van der Waals surface area contributed by atoms with E-state index >= 15 is 0 Å². The summed E-state index contributed by atoms with van der Waals surface area (Å²) in [7, 11) is 1.66. The van der Waals surface area contributed by atoms with Gasteiger partial charge in [-0.2, -0.15) is 5.10 Å². The fraction of sp³-hybridized carbons (Fsp3) is 0.118. The maximum atomic E-state index is 5.34. The third-order valence-electron chi connectivity index (χ3n) is 3.72. The molecule has 4 rings (SSSR count). The van der Waals surface area contributed by atoms with Crippen molar-refractivity contribution in [2.75, 3.05) is 7.11 Å². The van der Waals surface area contributed by atoms with Crippen molar-refractivity contribution in [3.05, 3.63) is 54.7 Å². The number of imidazole rings is 1. The first-order chi connectivity index (χ1) is 11.2. The number of rotatable bonds is 3. The quantitative estimate of drug-likeness (QED) is 0.631. The fourth-order valence-corrected chi connectivity index (χ4v) is 2.65. The Kier molecular flexibility index (Phi) is 3.08. The first-order valence-corrected chi connectivity index (χ1v) is 7.25. The second kappa shape index (κ2) is 5.24. The van der Waals surface area contributed by atoms with E-state index in [4.69, 9.17) is 4.74 Å². The van der Waals surface area contributed by atoms with Gasteiger partial charge >= 0.3 is 0 Å². The van der Waals surface area contributed by atoms with Crippen LogP contribution in [0.15, 0.2) is 48.9 Å². The molecule has 0 fully saturated rings. The van der Waals surface area contributed by atoms with Crippen LogP contribution < -0.4 is 4.74 Å². The average molecular weight is 305 g/mol. The van der Waals surface area contributed by atoms with E-state index in [0.29, 0.717) is 0 Å². The molecule has 23 heavy (non-hydrogen) atoms. The molecule has 0 atom stereocenters. The summed E-state index contributed by atoms with van der Waals surface area (Å²) in [5, 5.41) is 4.34. The number of benzene rings is 1. The van der Waals surface area contributed by atoms with Crippen molar-refractivity contribution in [3.8, 4) is 22.6 Å². The van der Waals surface area contributed by atoms with Gasteiger partial charge in [0.2, 0.25) is 0 Å². The molecule has 3 aromatic heterocycles. The number of hydrogen-bond donors (Lipinski definition) is 1. The third kappa shape index (κ3) is 2.34. The zero-order chi connectivity index (χ0) is 15.8. The summed E-state index contributed by atoms with van der Waals surface area (Å²) in [6, 6.07) is 9.86. The molecule has 0 bridgehead atoms. The Balaban J connectivity index is 1.92. The van der Waals surface area contributed by atoms with Gasteiger partial charge in [-0.1, -0.05) is 0 Å². The molecule has 6 nitrogen and oxygen atoms in total. The monoisotopic (exact) mass is 305 g/mol. The molecule has 4 aromatic rings. The molecular weight excluding hydrogens is 290 g/mol. The number of fused-ring (bicyclic) bond motifs is 1. The number of pyridine rings is 1. The number of aromatic nitrogens is 5. The lowest BCUT2D eigenvalue weighted by molar-refractivity contribution is 0.414. The number of aryl methyl sites for hydroxylation is 1. The SMILES string of the molecule is COc1ccc(-c2cnc3nc(C)[nH]c3c2)c(-n2cccn2)c1. The first-order valence-electron chi connectivity index (χ1n) is 7.25. The number of ether oxygens (including phenoxy) is 1. The van der Waals surface area contributed by atoms with Crippen LogP contribution >= 0.6 is 0 Å².